The summed E-state index contributed by atoms with van der Waals surface area (Å²) in [6.45, 7) is 1.90. The summed E-state index contributed by atoms with van der Waals surface area (Å²) in [4.78, 5) is 0. The van der Waals surface area contributed by atoms with Crippen molar-refractivity contribution < 1.29 is 13.5 Å². The van der Waals surface area contributed by atoms with Gasteiger partial charge in [-0.2, -0.15) is 0 Å². The van der Waals surface area contributed by atoms with Gasteiger partial charge in [0.1, 0.15) is 11.6 Å². The van der Waals surface area contributed by atoms with Crippen molar-refractivity contribution in [1.29, 1.82) is 0 Å². The van der Waals surface area contributed by atoms with Gasteiger partial charge in [-0.15, -0.1) is 0 Å². The molecule has 0 radical (unpaired) electrons. The van der Waals surface area contributed by atoms with Crippen molar-refractivity contribution in [1.82, 2.24) is 5.32 Å². The molecule has 0 bridgehead atoms. The lowest BCUT2D eigenvalue weighted by molar-refractivity contribution is 0.427. The zero-order valence-corrected chi connectivity index (χ0v) is 12.7. The first-order valence-corrected chi connectivity index (χ1v) is 6.90. The number of ether oxygens (including phenoxy) is 1. The van der Waals surface area contributed by atoms with Crippen molar-refractivity contribution in [2.45, 2.75) is 13.0 Å². The van der Waals surface area contributed by atoms with Gasteiger partial charge in [-0.3, -0.25) is 0 Å². The van der Waals surface area contributed by atoms with Crippen LogP contribution in [0.3, 0.4) is 0 Å². The van der Waals surface area contributed by atoms with Gasteiger partial charge in [-0.25, -0.2) is 8.78 Å². The summed E-state index contributed by atoms with van der Waals surface area (Å²) in [6.07, 6.45) is 0. The van der Waals surface area contributed by atoms with Crippen molar-refractivity contribution in [2.24, 2.45) is 0 Å². The van der Waals surface area contributed by atoms with Crippen LogP contribution in [0.5, 0.6) is 11.5 Å². The van der Waals surface area contributed by atoms with Crippen LogP contribution in [0, 0.1) is 11.6 Å². The van der Waals surface area contributed by atoms with Crippen LogP contribution in [-0.2, 0) is 0 Å². The summed E-state index contributed by atoms with van der Waals surface area (Å²) in [5, 5.41) is 3.04. The van der Waals surface area contributed by atoms with Gasteiger partial charge in [0, 0.05) is 11.6 Å². The molecule has 1 atom stereocenters. The van der Waals surface area contributed by atoms with Crippen molar-refractivity contribution in [3.63, 3.8) is 0 Å². The van der Waals surface area contributed by atoms with Crippen molar-refractivity contribution in [2.75, 3.05) is 7.05 Å². The summed E-state index contributed by atoms with van der Waals surface area (Å²) >= 11 is 3.08. The molecule has 2 aromatic carbocycles. The molecule has 20 heavy (non-hydrogen) atoms. The Morgan fingerprint density at radius 2 is 1.90 bits per heavy atom. The van der Waals surface area contributed by atoms with E-state index in [1.807, 2.05) is 6.92 Å². The molecule has 2 aromatic rings. The van der Waals surface area contributed by atoms with Crippen LogP contribution < -0.4 is 10.1 Å². The first-order chi connectivity index (χ1) is 9.52. The van der Waals surface area contributed by atoms with Crippen molar-refractivity contribution in [3.8, 4) is 11.5 Å². The number of nitrogens with one attached hydrogen (secondary N) is 1. The third-order valence-electron chi connectivity index (χ3n) is 3.01. The van der Waals surface area contributed by atoms with E-state index in [9.17, 15) is 8.78 Å². The van der Waals surface area contributed by atoms with Crippen LogP contribution in [0.1, 0.15) is 18.5 Å². The van der Waals surface area contributed by atoms with Gasteiger partial charge in [0.05, 0.1) is 4.47 Å². The van der Waals surface area contributed by atoms with E-state index >= 15 is 0 Å². The Kier molecular flexibility index (Phi) is 4.73. The fourth-order valence-electron chi connectivity index (χ4n) is 1.79. The van der Waals surface area contributed by atoms with E-state index < -0.39 is 11.6 Å². The lowest BCUT2D eigenvalue weighted by atomic mass is 10.1. The van der Waals surface area contributed by atoms with Gasteiger partial charge in [0.15, 0.2) is 11.6 Å². The molecule has 2 rings (SSSR count). The molecule has 2 nitrogen and oxygen atoms in total. The Hall–Kier alpha value is -1.46. The molecule has 0 aliphatic rings. The van der Waals surface area contributed by atoms with Gasteiger partial charge < -0.3 is 10.1 Å². The van der Waals surface area contributed by atoms with E-state index in [2.05, 4.69) is 21.2 Å². The van der Waals surface area contributed by atoms with E-state index in [-0.39, 0.29) is 16.3 Å². The minimum absolute atomic E-state index is 0.0652. The molecule has 0 fully saturated rings. The normalized spacial score (nSPS) is 12.2. The predicted octanol–water partition coefficient (Wildman–Crippen LogP) is 4.80. The first-order valence-electron chi connectivity index (χ1n) is 6.11. The highest BCUT2D eigenvalue weighted by Gasteiger charge is 2.15. The number of halogens is 3. The number of hydrogen-bond acceptors (Lipinski definition) is 2. The van der Waals surface area contributed by atoms with E-state index in [1.165, 1.54) is 24.3 Å². The molecule has 0 spiro atoms. The molecule has 0 saturated carbocycles. The van der Waals surface area contributed by atoms with E-state index in [1.54, 1.807) is 19.2 Å². The Balaban J connectivity index is 2.39. The largest absolute Gasteiger partial charge is 0.454 e. The standard InChI is InChI=1S/C15H14BrF2NO/c1-9(19-2)11-4-3-5-14(18)15(11)20-10-6-7-13(17)12(16)8-10/h3-9,19H,1-2H3. The highest BCUT2D eigenvalue weighted by molar-refractivity contribution is 9.10. The van der Waals surface area contributed by atoms with Gasteiger partial charge >= 0.3 is 0 Å². The van der Waals surface area contributed by atoms with Crippen LogP contribution in [-0.4, -0.2) is 7.05 Å². The van der Waals surface area contributed by atoms with Crippen molar-refractivity contribution >= 4 is 15.9 Å². The quantitative estimate of drug-likeness (QED) is 0.862. The molecule has 0 heterocycles. The predicted molar refractivity (Wildman–Crippen MR) is 78.0 cm³/mol. The highest BCUT2D eigenvalue weighted by atomic mass is 79.9. The van der Waals surface area contributed by atoms with Gasteiger partial charge in [-0.05, 0) is 54.2 Å². The van der Waals surface area contributed by atoms with Crippen LogP contribution in [0.4, 0.5) is 8.78 Å². The SMILES string of the molecule is CNC(C)c1cccc(F)c1Oc1ccc(F)c(Br)c1. The first kappa shape index (κ1) is 14.9. The number of rotatable bonds is 4. The van der Waals surface area contributed by atoms with E-state index in [4.69, 9.17) is 4.74 Å². The molecule has 1 N–H and O–H groups in total. The summed E-state index contributed by atoms with van der Waals surface area (Å²) in [5.74, 6) is -0.333. The lowest BCUT2D eigenvalue weighted by Crippen LogP contribution is -2.13. The topological polar surface area (TPSA) is 21.3 Å². The van der Waals surface area contributed by atoms with Crippen LogP contribution in [0.2, 0.25) is 0 Å². The molecule has 0 amide bonds. The summed E-state index contributed by atoms with van der Waals surface area (Å²) in [5.41, 5.74) is 0.702. The smallest absolute Gasteiger partial charge is 0.167 e. The Labute approximate surface area is 124 Å². The fraction of sp³-hybridized carbons (Fsp3) is 0.200. The second-order valence-corrected chi connectivity index (χ2v) is 5.20. The summed E-state index contributed by atoms with van der Waals surface area (Å²) in [6, 6.07) is 8.88. The fourth-order valence-corrected chi connectivity index (χ4v) is 2.15. The molecule has 106 valence electrons. The Bertz CT molecular complexity index is 619. The second kappa shape index (κ2) is 6.33. The Morgan fingerprint density at radius 3 is 2.55 bits per heavy atom. The van der Waals surface area contributed by atoms with Gasteiger partial charge in [0.25, 0.3) is 0 Å². The highest BCUT2D eigenvalue weighted by Crippen LogP contribution is 2.33. The minimum Gasteiger partial charge on any atom is -0.454 e. The molecular formula is C15H14BrF2NO. The maximum atomic E-state index is 14.0. The van der Waals surface area contributed by atoms with Gasteiger partial charge in [0.2, 0.25) is 0 Å². The average molecular weight is 342 g/mol. The molecular weight excluding hydrogens is 328 g/mol. The number of benzene rings is 2. The average Bonchev–Trinajstić information content (AvgIpc) is 2.44. The van der Waals surface area contributed by atoms with Crippen molar-refractivity contribution in [3.05, 3.63) is 58.1 Å². The minimum atomic E-state index is -0.454. The zero-order valence-electron chi connectivity index (χ0n) is 11.1. The summed E-state index contributed by atoms with van der Waals surface area (Å²) < 4.78 is 33.0. The molecule has 0 aromatic heterocycles. The monoisotopic (exact) mass is 341 g/mol. The zero-order chi connectivity index (χ0) is 14.7. The molecule has 0 aliphatic heterocycles. The van der Waals surface area contributed by atoms with E-state index in [0.29, 0.717) is 11.3 Å². The molecule has 0 aliphatic carbocycles. The van der Waals surface area contributed by atoms with Crippen LogP contribution in [0.15, 0.2) is 40.9 Å². The summed E-state index contributed by atoms with van der Waals surface area (Å²) in [7, 11) is 1.79. The van der Waals surface area contributed by atoms with E-state index in [0.717, 1.165) is 0 Å². The second-order valence-electron chi connectivity index (χ2n) is 4.35. The molecule has 5 heteroatoms. The molecule has 1 unspecified atom stereocenters. The van der Waals surface area contributed by atoms with Crippen LogP contribution in [0.25, 0.3) is 0 Å². The van der Waals surface area contributed by atoms with Gasteiger partial charge in [-0.1, -0.05) is 12.1 Å². The Morgan fingerprint density at radius 1 is 1.15 bits per heavy atom. The number of hydrogen-bond donors (Lipinski definition) is 1. The molecule has 0 saturated heterocycles. The lowest BCUT2D eigenvalue weighted by Gasteiger charge is -2.17. The maximum absolute atomic E-state index is 14.0. The number of para-hydroxylation sites is 1. The third-order valence-corrected chi connectivity index (χ3v) is 3.62. The van der Waals surface area contributed by atoms with Crippen LogP contribution >= 0.6 is 15.9 Å². The third kappa shape index (κ3) is 3.16. The maximum Gasteiger partial charge on any atom is 0.167 e.